The average Bonchev–Trinajstić information content (AvgIpc) is 3.02. The van der Waals surface area contributed by atoms with E-state index in [1.54, 1.807) is 43.3 Å². The Hall–Kier alpha value is -2.77. The number of nitrogens with zero attached hydrogens (tertiary/aromatic N) is 1. The van der Waals surface area contributed by atoms with Crippen LogP contribution in [-0.4, -0.2) is 24.6 Å². The van der Waals surface area contributed by atoms with Crippen LogP contribution in [-0.2, 0) is 10.0 Å². The molecule has 2 N–H and O–H groups in total. The monoisotopic (exact) mass is 445 g/mol. The maximum atomic E-state index is 12.8. The molecule has 0 unspecified atom stereocenters. The number of hydrogen-bond acceptors (Lipinski definition) is 3. The van der Waals surface area contributed by atoms with Crippen molar-refractivity contribution in [2.45, 2.75) is 27.2 Å². The van der Waals surface area contributed by atoms with E-state index >= 15 is 0 Å². The molecule has 0 radical (unpaired) electrons. The molecule has 2 aromatic carbocycles. The average molecular weight is 446 g/mol. The van der Waals surface area contributed by atoms with Gasteiger partial charge in [-0.1, -0.05) is 18.5 Å². The lowest BCUT2D eigenvalue weighted by Crippen LogP contribution is -2.16. The van der Waals surface area contributed by atoms with Gasteiger partial charge in [0.25, 0.3) is 5.91 Å². The normalized spacial score (nSPS) is 11.3. The molecule has 6 nitrogen and oxygen atoms in total. The first-order valence-corrected chi connectivity index (χ1v) is 11.6. The van der Waals surface area contributed by atoms with Crippen molar-refractivity contribution in [3.63, 3.8) is 0 Å². The molecular formula is C22H24ClN3O3S. The van der Waals surface area contributed by atoms with E-state index in [-0.39, 0.29) is 11.7 Å². The van der Waals surface area contributed by atoms with Gasteiger partial charge in [-0.2, -0.15) is 0 Å². The van der Waals surface area contributed by atoms with Gasteiger partial charge >= 0.3 is 0 Å². The highest BCUT2D eigenvalue weighted by Gasteiger charge is 2.14. The fourth-order valence-electron chi connectivity index (χ4n) is 3.22. The van der Waals surface area contributed by atoms with Crippen molar-refractivity contribution in [2.75, 3.05) is 15.8 Å². The lowest BCUT2D eigenvalue weighted by atomic mass is 10.1. The number of nitrogens with one attached hydrogen (secondary N) is 2. The minimum atomic E-state index is -3.36. The molecule has 0 spiro atoms. The number of carbonyl (C=O) groups excluding carboxylic acids is 1. The molecule has 0 bridgehead atoms. The van der Waals surface area contributed by atoms with Gasteiger partial charge in [-0.15, -0.1) is 0 Å². The van der Waals surface area contributed by atoms with E-state index < -0.39 is 10.0 Å². The summed E-state index contributed by atoms with van der Waals surface area (Å²) in [5.41, 5.74) is 4.30. The SMILES string of the molecule is CCCS(=O)(=O)Nc1ccc(NC(=O)c2cc(-n3c(C)ccc3C)ccc2Cl)cc1. The molecule has 8 heteroatoms. The quantitative estimate of drug-likeness (QED) is 0.527. The minimum absolute atomic E-state index is 0.0562. The van der Waals surface area contributed by atoms with Gasteiger partial charge in [-0.25, -0.2) is 8.42 Å². The Labute approximate surface area is 181 Å². The van der Waals surface area contributed by atoms with Gasteiger partial charge in [0.2, 0.25) is 10.0 Å². The summed E-state index contributed by atoms with van der Waals surface area (Å²) in [6.45, 7) is 5.80. The molecule has 0 fully saturated rings. The second-order valence-electron chi connectivity index (χ2n) is 7.07. The number of aryl methyl sites for hydroxylation is 2. The van der Waals surface area contributed by atoms with Gasteiger partial charge in [0.05, 0.1) is 16.3 Å². The number of anilines is 2. The maximum absolute atomic E-state index is 12.8. The molecule has 3 aromatic rings. The molecule has 3 rings (SSSR count). The zero-order valence-corrected chi connectivity index (χ0v) is 18.6. The minimum Gasteiger partial charge on any atom is -0.322 e. The van der Waals surface area contributed by atoms with Crippen LogP contribution >= 0.6 is 11.6 Å². The van der Waals surface area contributed by atoms with Crippen molar-refractivity contribution in [3.8, 4) is 5.69 Å². The number of halogens is 1. The van der Waals surface area contributed by atoms with E-state index in [1.165, 1.54) is 0 Å². The maximum Gasteiger partial charge on any atom is 0.257 e. The first kappa shape index (κ1) is 21.9. The van der Waals surface area contributed by atoms with Crippen LogP contribution in [0.2, 0.25) is 5.02 Å². The molecule has 30 heavy (non-hydrogen) atoms. The lowest BCUT2D eigenvalue weighted by Gasteiger charge is -2.13. The summed E-state index contributed by atoms with van der Waals surface area (Å²) in [5.74, 6) is -0.288. The summed E-state index contributed by atoms with van der Waals surface area (Å²) in [5, 5.41) is 3.16. The number of carbonyl (C=O) groups is 1. The molecule has 0 saturated heterocycles. The van der Waals surface area contributed by atoms with Crippen LogP contribution in [0.4, 0.5) is 11.4 Å². The van der Waals surface area contributed by atoms with Gasteiger partial charge in [0.15, 0.2) is 0 Å². The number of amides is 1. The van der Waals surface area contributed by atoms with Crippen LogP contribution in [0, 0.1) is 13.8 Å². The van der Waals surface area contributed by atoms with Gasteiger partial charge in [-0.05, 0) is 74.9 Å². The Morgan fingerprint density at radius 2 is 1.57 bits per heavy atom. The van der Waals surface area contributed by atoms with Crippen molar-refractivity contribution in [3.05, 3.63) is 76.6 Å². The fraction of sp³-hybridized carbons (Fsp3) is 0.227. The number of benzene rings is 2. The van der Waals surface area contributed by atoms with Crippen molar-refractivity contribution in [1.29, 1.82) is 0 Å². The van der Waals surface area contributed by atoms with E-state index in [1.807, 2.05) is 36.6 Å². The summed E-state index contributed by atoms with van der Waals surface area (Å²) in [4.78, 5) is 12.8. The predicted octanol–water partition coefficient (Wildman–Crippen LogP) is 5.15. The van der Waals surface area contributed by atoms with Gasteiger partial charge in [0, 0.05) is 28.5 Å². The van der Waals surface area contributed by atoms with Crippen molar-refractivity contribution < 1.29 is 13.2 Å². The Kier molecular flexibility index (Phi) is 6.53. The Balaban J connectivity index is 1.79. The van der Waals surface area contributed by atoms with Crippen LogP contribution < -0.4 is 10.0 Å². The Morgan fingerprint density at radius 3 is 2.17 bits per heavy atom. The zero-order valence-electron chi connectivity index (χ0n) is 17.1. The Bertz CT molecular complexity index is 1150. The van der Waals surface area contributed by atoms with E-state index in [4.69, 9.17) is 11.6 Å². The predicted molar refractivity (Wildman–Crippen MR) is 122 cm³/mol. The van der Waals surface area contributed by atoms with Gasteiger partial charge in [0.1, 0.15) is 0 Å². The molecule has 1 aromatic heterocycles. The third-order valence-electron chi connectivity index (χ3n) is 4.61. The van der Waals surface area contributed by atoms with Crippen LogP contribution in [0.5, 0.6) is 0 Å². The second kappa shape index (κ2) is 8.93. The highest BCUT2D eigenvalue weighted by molar-refractivity contribution is 7.92. The molecular weight excluding hydrogens is 422 g/mol. The van der Waals surface area contributed by atoms with Crippen LogP contribution in [0.25, 0.3) is 5.69 Å². The third-order valence-corrected chi connectivity index (χ3v) is 6.43. The van der Waals surface area contributed by atoms with Crippen molar-refractivity contribution in [1.82, 2.24) is 4.57 Å². The molecule has 0 aliphatic carbocycles. The summed E-state index contributed by atoms with van der Waals surface area (Å²) in [7, 11) is -3.36. The van der Waals surface area contributed by atoms with E-state index in [0.717, 1.165) is 17.1 Å². The van der Waals surface area contributed by atoms with Gasteiger partial charge in [-0.3, -0.25) is 9.52 Å². The van der Waals surface area contributed by atoms with Crippen LogP contribution in [0.1, 0.15) is 35.1 Å². The summed E-state index contributed by atoms with van der Waals surface area (Å²) >= 11 is 6.28. The van der Waals surface area contributed by atoms with E-state index in [0.29, 0.717) is 28.4 Å². The molecule has 158 valence electrons. The summed E-state index contributed by atoms with van der Waals surface area (Å²) in [6.07, 6.45) is 0.533. The van der Waals surface area contributed by atoms with Crippen molar-refractivity contribution >= 4 is 38.9 Å². The standard InChI is InChI=1S/C22H24ClN3O3S/c1-4-13-30(28,29)25-18-9-7-17(8-10-18)24-22(27)20-14-19(11-12-21(20)23)26-15(2)5-6-16(26)3/h5-12,14,25H,4,13H2,1-3H3,(H,24,27). The molecule has 1 heterocycles. The second-order valence-corrected chi connectivity index (χ2v) is 9.32. The fourth-order valence-corrected chi connectivity index (χ4v) is 4.56. The summed E-state index contributed by atoms with van der Waals surface area (Å²) < 4.78 is 28.3. The smallest absolute Gasteiger partial charge is 0.257 e. The van der Waals surface area contributed by atoms with Crippen LogP contribution in [0.3, 0.4) is 0 Å². The van der Waals surface area contributed by atoms with E-state index in [9.17, 15) is 13.2 Å². The molecule has 0 atom stereocenters. The van der Waals surface area contributed by atoms with Crippen LogP contribution in [0.15, 0.2) is 54.6 Å². The van der Waals surface area contributed by atoms with E-state index in [2.05, 4.69) is 10.0 Å². The molecule has 0 saturated carbocycles. The first-order chi connectivity index (χ1) is 14.2. The number of sulfonamides is 1. The topological polar surface area (TPSA) is 80.2 Å². The number of rotatable bonds is 7. The van der Waals surface area contributed by atoms with Crippen molar-refractivity contribution in [2.24, 2.45) is 0 Å². The third kappa shape index (κ3) is 5.04. The lowest BCUT2D eigenvalue weighted by molar-refractivity contribution is 0.102. The largest absolute Gasteiger partial charge is 0.322 e. The van der Waals surface area contributed by atoms with Gasteiger partial charge < -0.3 is 9.88 Å². The zero-order chi connectivity index (χ0) is 21.9. The number of hydrogen-bond donors (Lipinski definition) is 2. The molecule has 1 amide bonds. The summed E-state index contributed by atoms with van der Waals surface area (Å²) in [6, 6.07) is 15.8. The first-order valence-electron chi connectivity index (χ1n) is 9.57. The molecule has 0 aliphatic heterocycles. The molecule has 0 aliphatic rings. The highest BCUT2D eigenvalue weighted by atomic mass is 35.5. The highest BCUT2D eigenvalue weighted by Crippen LogP contribution is 2.24. The Morgan fingerprint density at radius 1 is 0.967 bits per heavy atom. The number of aromatic nitrogens is 1.